The number of nitrogens with zero attached hydrogens (tertiary/aromatic N) is 1. The minimum absolute atomic E-state index is 0.356. The molecule has 2 amide bonds. The molecule has 5 nitrogen and oxygen atoms in total. The highest BCUT2D eigenvalue weighted by molar-refractivity contribution is 5.86. The highest BCUT2D eigenvalue weighted by Gasteiger charge is 2.02. The van der Waals surface area contributed by atoms with E-state index in [1.54, 1.807) is 6.07 Å². The summed E-state index contributed by atoms with van der Waals surface area (Å²) in [4.78, 5) is 10.3. The molecule has 0 bridgehead atoms. The zero-order chi connectivity index (χ0) is 8.27. The average molecular weight is 155 g/mol. The first-order valence-corrected chi connectivity index (χ1v) is 3.24. The number of carbonyl (C=O) groups is 1. The van der Waals surface area contributed by atoms with Gasteiger partial charge in [-0.25, -0.2) is 4.79 Å². The van der Waals surface area contributed by atoms with Crippen LogP contribution in [-0.4, -0.2) is 11.2 Å². The number of primary amides is 1. The number of nitrogens with two attached hydrogens (primary N) is 1. The van der Waals surface area contributed by atoms with Crippen LogP contribution >= 0.6 is 0 Å². The predicted octanol–water partition coefficient (Wildman–Crippen LogP) is 0.728. The molecule has 0 spiro atoms. The lowest BCUT2D eigenvalue weighted by Crippen LogP contribution is -2.19. The maximum absolute atomic E-state index is 10.3. The van der Waals surface area contributed by atoms with Gasteiger partial charge in [0.15, 0.2) is 5.82 Å². The molecule has 1 heterocycles. The third-order valence-corrected chi connectivity index (χ3v) is 1.16. The normalized spacial score (nSPS) is 9.55. The van der Waals surface area contributed by atoms with Gasteiger partial charge in [0.05, 0.1) is 0 Å². The van der Waals surface area contributed by atoms with Crippen LogP contribution in [0.3, 0.4) is 0 Å². The summed E-state index contributed by atoms with van der Waals surface area (Å²) < 4.78 is 4.79. The molecule has 0 aliphatic carbocycles. The van der Waals surface area contributed by atoms with E-state index in [4.69, 9.17) is 10.3 Å². The third-order valence-electron chi connectivity index (χ3n) is 1.16. The summed E-state index contributed by atoms with van der Waals surface area (Å²) >= 11 is 0. The number of amides is 2. The van der Waals surface area contributed by atoms with E-state index in [0.29, 0.717) is 11.6 Å². The lowest BCUT2D eigenvalue weighted by molar-refractivity contribution is 0.259. The minimum atomic E-state index is -0.638. The molecule has 0 saturated carbocycles. The van der Waals surface area contributed by atoms with E-state index >= 15 is 0 Å². The molecule has 0 radical (unpaired) electrons. The maximum atomic E-state index is 10.3. The second kappa shape index (κ2) is 3.05. The monoisotopic (exact) mass is 155 g/mol. The van der Waals surface area contributed by atoms with Gasteiger partial charge in [-0.3, -0.25) is 5.32 Å². The summed E-state index contributed by atoms with van der Waals surface area (Å²) in [5.41, 5.74) is 4.84. The summed E-state index contributed by atoms with van der Waals surface area (Å²) in [6, 6.07) is 0.992. The van der Waals surface area contributed by atoms with Crippen LogP contribution in [0.25, 0.3) is 0 Å². The molecule has 60 valence electrons. The highest BCUT2D eigenvalue weighted by Crippen LogP contribution is 2.07. The van der Waals surface area contributed by atoms with Gasteiger partial charge in [-0.05, 0) is 0 Å². The van der Waals surface area contributed by atoms with Crippen molar-refractivity contribution in [3.63, 3.8) is 0 Å². The van der Waals surface area contributed by atoms with Crippen molar-refractivity contribution in [3.8, 4) is 0 Å². The molecule has 5 heteroatoms. The number of hydrogen-bond donors (Lipinski definition) is 2. The summed E-state index contributed by atoms with van der Waals surface area (Å²) in [5.74, 6) is 1.07. The Hall–Kier alpha value is -1.52. The Balaban J connectivity index is 2.65. The summed E-state index contributed by atoms with van der Waals surface area (Å²) in [6.45, 7) is 1.93. The van der Waals surface area contributed by atoms with Gasteiger partial charge in [0.25, 0.3) is 0 Å². The largest absolute Gasteiger partial charge is 0.359 e. The fourth-order valence-corrected chi connectivity index (χ4v) is 0.665. The second-order valence-corrected chi connectivity index (χ2v) is 2.02. The second-order valence-electron chi connectivity index (χ2n) is 2.02. The van der Waals surface area contributed by atoms with Crippen LogP contribution in [0.4, 0.5) is 10.6 Å². The molecule has 0 unspecified atom stereocenters. The van der Waals surface area contributed by atoms with Gasteiger partial charge in [-0.15, -0.1) is 0 Å². The van der Waals surface area contributed by atoms with Crippen LogP contribution in [0.15, 0.2) is 10.6 Å². The van der Waals surface area contributed by atoms with Crippen LogP contribution < -0.4 is 11.1 Å². The lowest BCUT2D eigenvalue weighted by atomic mass is 10.4. The Kier molecular flexibility index (Phi) is 2.10. The quantitative estimate of drug-likeness (QED) is 0.660. The van der Waals surface area contributed by atoms with Crippen molar-refractivity contribution in [2.45, 2.75) is 13.3 Å². The number of aryl methyl sites for hydroxylation is 1. The molecule has 0 aliphatic heterocycles. The Labute approximate surface area is 63.5 Å². The van der Waals surface area contributed by atoms with Crippen molar-refractivity contribution >= 4 is 11.8 Å². The first-order valence-electron chi connectivity index (χ1n) is 3.24. The Morgan fingerprint density at radius 1 is 1.91 bits per heavy atom. The van der Waals surface area contributed by atoms with E-state index in [2.05, 4.69) is 10.5 Å². The molecule has 1 aromatic rings. The van der Waals surface area contributed by atoms with Crippen molar-refractivity contribution in [3.05, 3.63) is 11.8 Å². The number of nitrogens with one attached hydrogen (secondary N) is 1. The van der Waals surface area contributed by atoms with Gasteiger partial charge in [-0.2, -0.15) is 0 Å². The van der Waals surface area contributed by atoms with Gasteiger partial charge >= 0.3 is 6.03 Å². The molecule has 0 saturated heterocycles. The van der Waals surface area contributed by atoms with E-state index in [9.17, 15) is 4.79 Å². The van der Waals surface area contributed by atoms with E-state index in [1.165, 1.54) is 0 Å². The number of rotatable bonds is 2. The zero-order valence-corrected chi connectivity index (χ0v) is 6.13. The van der Waals surface area contributed by atoms with Crippen LogP contribution in [0.2, 0.25) is 0 Å². The Morgan fingerprint density at radius 3 is 3.09 bits per heavy atom. The van der Waals surface area contributed by atoms with E-state index in [-0.39, 0.29) is 0 Å². The van der Waals surface area contributed by atoms with Gasteiger partial charge in [0, 0.05) is 12.5 Å². The number of aromatic nitrogens is 1. The van der Waals surface area contributed by atoms with Crippen LogP contribution in [0, 0.1) is 0 Å². The van der Waals surface area contributed by atoms with E-state index in [1.807, 2.05) is 6.92 Å². The molecule has 0 aliphatic rings. The summed E-state index contributed by atoms with van der Waals surface area (Å²) in [6.07, 6.45) is 0.743. The van der Waals surface area contributed by atoms with Crippen molar-refractivity contribution in [2.24, 2.45) is 5.73 Å². The zero-order valence-electron chi connectivity index (χ0n) is 6.13. The van der Waals surface area contributed by atoms with Gasteiger partial charge in [-0.1, -0.05) is 12.1 Å². The Morgan fingerprint density at radius 2 is 2.64 bits per heavy atom. The molecule has 3 N–H and O–H groups in total. The van der Waals surface area contributed by atoms with Crippen molar-refractivity contribution < 1.29 is 9.32 Å². The standard InChI is InChI=1S/C6H9N3O2/c1-2-4-3-5(9-11-4)8-6(7)10/h3H,2H2,1H3,(H3,7,8,9,10). The third kappa shape index (κ3) is 1.96. The molecular formula is C6H9N3O2. The van der Waals surface area contributed by atoms with Gasteiger partial charge in [0.1, 0.15) is 5.76 Å². The molecule has 0 aromatic carbocycles. The fraction of sp³-hybridized carbons (Fsp3) is 0.333. The predicted molar refractivity (Wildman–Crippen MR) is 39.1 cm³/mol. The Bertz CT molecular complexity index is 256. The molecule has 11 heavy (non-hydrogen) atoms. The molecule has 0 fully saturated rings. The van der Waals surface area contributed by atoms with Gasteiger partial charge < -0.3 is 10.3 Å². The first-order chi connectivity index (χ1) is 5.22. The molecular weight excluding hydrogens is 146 g/mol. The van der Waals surface area contributed by atoms with Gasteiger partial charge in [0.2, 0.25) is 0 Å². The number of anilines is 1. The van der Waals surface area contributed by atoms with Crippen molar-refractivity contribution in [2.75, 3.05) is 5.32 Å². The molecule has 0 atom stereocenters. The van der Waals surface area contributed by atoms with Crippen LogP contribution in [0.1, 0.15) is 12.7 Å². The number of hydrogen-bond acceptors (Lipinski definition) is 3. The average Bonchev–Trinajstić information content (AvgIpc) is 2.34. The minimum Gasteiger partial charge on any atom is -0.359 e. The lowest BCUT2D eigenvalue weighted by Gasteiger charge is -1.90. The maximum Gasteiger partial charge on any atom is 0.317 e. The summed E-state index contributed by atoms with van der Waals surface area (Å²) in [5, 5.41) is 5.83. The first kappa shape index (κ1) is 7.59. The number of carbonyl (C=O) groups excluding carboxylic acids is 1. The smallest absolute Gasteiger partial charge is 0.317 e. The SMILES string of the molecule is CCc1cc(NC(N)=O)no1. The fourth-order valence-electron chi connectivity index (χ4n) is 0.665. The number of urea groups is 1. The van der Waals surface area contributed by atoms with E-state index in [0.717, 1.165) is 6.42 Å². The summed E-state index contributed by atoms with van der Waals surface area (Å²) in [7, 11) is 0. The topological polar surface area (TPSA) is 81.1 Å². The van der Waals surface area contributed by atoms with Crippen molar-refractivity contribution in [1.29, 1.82) is 0 Å². The molecule has 1 rings (SSSR count). The van der Waals surface area contributed by atoms with Crippen molar-refractivity contribution in [1.82, 2.24) is 5.16 Å². The highest BCUT2D eigenvalue weighted by atomic mass is 16.5. The van der Waals surface area contributed by atoms with E-state index < -0.39 is 6.03 Å². The van der Waals surface area contributed by atoms with Crippen LogP contribution in [0.5, 0.6) is 0 Å². The molecule has 1 aromatic heterocycles. The van der Waals surface area contributed by atoms with Crippen LogP contribution in [-0.2, 0) is 6.42 Å².